The normalized spacial score (nSPS) is 14.1. The van der Waals surface area contributed by atoms with Gasteiger partial charge < -0.3 is 47.8 Å². The number of hydrogen-bond donors (Lipinski definition) is 9. The minimum Gasteiger partial charge on any atom is -0.508 e. The fraction of sp³-hybridized carbons (Fsp3) is 0.438. The minimum atomic E-state index is -1.18. The van der Waals surface area contributed by atoms with Crippen molar-refractivity contribution < 1.29 is 45.0 Å². The summed E-state index contributed by atoms with van der Waals surface area (Å²) in [5.74, 6) is -3.22. The van der Waals surface area contributed by atoms with Crippen molar-refractivity contribution in [3.63, 3.8) is 0 Å². The fourth-order valence-electron chi connectivity index (χ4n) is 1.26. The van der Waals surface area contributed by atoms with E-state index < -0.39 is 48.7 Å². The zero-order valence-electron chi connectivity index (χ0n) is 15.2. The van der Waals surface area contributed by atoms with Crippen molar-refractivity contribution in [2.24, 2.45) is 17.2 Å². The lowest BCUT2D eigenvalue weighted by atomic mass is 10.1. The molecule has 12 N–H and O–H groups in total. The molecule has 4 unspecified atom stereocenters. The van der Waals surface area contributed by atoms with Crippen molar-refractivity contribution in [3.8, 4) is 5.75 Å². The highest BCUT2D eigenvalue weighted by Gasteiger charge is 2.16. The molecule has 0 saturated heterocycles. The molecule has 0 bridgehead atoms. The van der Waals surface area contributed by atoms with E-state index in [4.69, 9.17) is 47.8 Å². The number of aliphatic hydroxyl groups excluding tert-OH is 2. The number of aromatic hydroxyl groups is 1. The Balaban J connectivity index is 0. The van der Waals surface area contributed by atoms with Gasteiger partial charge in [0, 0.05) is 0 Å². The molecule has 1 rings (SSSR count). The van der Waals surface area contributed by atoms with Gasteiger partial charge >= 0.3 is 17.9 Å². The Morgan fingerprint density at radius 3 is 1.54 bits per heavy atom. The third kappa shape index (κ3) is 13.4. The molecule has 1 aromatic rings. The van der Waals surface area contributed by atoms with Crippen LogP contribution in [0.15, 0.2) is 24.3 Å². The Kier molecular flexibility index (Phi) is 14.0. The van der Waals surface area contributed by atoms with Crippen LogP contribution in [0.1, 0.15) is 12.5 Å². The lowest BCUT2D eigenvalue weighted by Crippen LogP contribution is -2.39. The molecule has 12 heteroatoms. The summed E-state index contributed by atoms with van der Waals surface area (Å²) in [4.78, 5) is 29.9. The van der Waals surface area contributed by atoms with Gasteiger partial charge in [0.25, 0.3) is 0 Å². The van der Waals surface area contributed by atoms with E-state index in [1.165, 1.54) is 19.1 Å². The number of phenols is 1. The van der Waals surface area contributed by atoms with Gasteiger partial charge in [0.2, 0.25) is 0 Å². The molecule has 0 heterocycles. The van der Waals surface area contributed by atoms with E-state index in [-0.39, 0.29) is 12.2 Å². The van der Waals surface area contributed by atoms with Crippen LogP contribution >= 0.6 is 0 Å². The summed E-state index contributed by atoms with van der Waals surface area (Å²) in [6.45, 7) is 0.827. The van der Waals surface area contributed by atoms with Crippen molar-refractivity contribution >= 4 is 17.9 Å². The first-order chi connectivity index (χ1) is 12.8. The van der Waals surface area contributed by atoms with E-state index in [1.807, 2.05) is 0 Å². The summed E-state index contributed by atoms with van der Waals surface area (Å²) in [6.07, 6.45) is -0.706. The first-order valence-electron chi connectivity index (χ1n) is 7.85. The molecule has 0 amide bonds. The van der Waals surface area contributed by atoms with Crippen LogP contribution in [0.25, 0.3) is 0 Å². The van der Waals surface area contributed by atoms with Gasteiger partial charge in [-0.15, -0.1) is 0 Å². The number of hydrogen-bond acceptors (Lipinski definition) is 9. The molecule has 0 aromatic heterocycles. The lowest BCUT2D eigenvalue weighted by molar-refractivity contribution is -0.141. The number of aliphatic carboxylic acids is 3. The van der Waals surface area contributed by atoms with Crippen molar-refractivity contribution in [1.82, 2.24) is 0 Å². The maximum Gasteiger partial charge on any atom is 0.323 e. The summed E-state index contributed by atoms with van der Waals surface area (Å²) in [5, 5.41) is 49.9. The van der Waals surface area contributed by atoms with Gasteiger partial charge in [0.1, 0.15) is 23.9 Å². The molecule has 0 aliphatic heterocycles. The molecule has 160 valence electrons. The first-order valence-corrected chi connectivity index (χ1v) is 7.85. The van der Waals surface area contributed by atoms with Crippen molar-refractivity contribution in [3.05, 3.63) is 29.8 Å². The summed E-state index contributed by atoms with van der Waals surface area (Å²) in [5.41, 5.74) is 15.8. The maximum absolute atomic E-state index is 10.4. The second kappa shape index (κ2) is 14.3. The molecule has 28 heavy (non-hydrogen) atoms. The fourth-order valence-corrected chi connectivity index (χ4v) is 1.26. The molecular weight excluding hydrogens is 378 g/mol. The molecule has 0 radical (unpaired) electrons. The standard InChI is InChI=1S/C9H11NO3.C4H9NO3.C3H7NO3/c10-8(9(12)13)5-6-1-3-7(11)4-2-6;1-2(6)3(5)4(7)8;4-2(1-5)3(6)7/h1-4,8,11H,5,10H2,(H,12,13);2-3,6H,5H2,1H3,(H,7,8);2,5H,1,4H2,(H,6,7). The number of rotatable bonds is 7. The van der Waals surface area contributed by atoms with Crippen molar-refractivity contribution in [1.29, 1.82) is 0 Å². The highest BCUT2D eigenvalue weighted by atomic mass is 16.4. The van der Waals surface area contributed by atoms with Crippen LogP contribution in [0.3, 0.4) is 0 Å². The monoisotopic (exact) mass is 405 g/mol. The van der Waals surface area contributed by atoms with E-state index in [0.29, 0.717) is 0 Å². The maximum atomic E-state index is 10.4. The van der Waals surface area contributed by atoms with Gasteiger partial charge in [-0.05, 0) is 31.0 Å². The van der Waals surface area contributed by atoms with Gasteiger partial charge in [-0.3, -0.25) is 14.4 Å². The van der Waals surface area contributed by atoms with Crippen LogP contribution in [0.2, 0.25) is 0 Å². The molecule has 12 nitrogen and oxygen atoms in total. The molecule has 0 spiro atoms. The molecular formula is C16H27N3O9. The third-order valence-electron chi connectivity index (χ3n) is 3.03. The van der Waals surface area contributed by atoms with Gasteiger partial charge in [-0.25, -0.2) is 0 Å². The Bertz CT molecular complexity index is 608. The van der Waals surface area contributed by atoms with Crippen LogP contribution < -0.4 is 17.2 Å². The van der Waals surface area contributed by atoms with Crippen LogP contribution in [-0.2, 0) is 20.8 Å². The number of benzene rings is 1. The number of phenolic OH excluding ortho intramolecular Hbond substituents is 1. The van der Waals surface area contributed by atoms with Gasteiger partial charge in [0.15, 0.2) is 0 Å². The van der Waals surface area contributed by atoms with Crippen LogP contribution in [0, 0.1) is 0 Å². The van der Waals surface area contributed by atoms with Gasteiger partial charge in [0.05, 0.1) is 12.7 Å². The molecule has 0 aliphatic rings. The second-order valence-corrected chi connectivity index (χ2v) is 5.55. The predicted molar refractivity (Wildman–Crippen MR) is 97.4 cm³/mol. The van der Waals surface area contributed by atoms with Crippen molar-refractivity contribution in [2.45, 2.75) is 37.6 Å². The zero-order valence-corrected chi connectivity index (χ0v) is 15.2. The summed E-state index contributed by atoms with van der Waals surface area (Å²) >= 11 is 0. The summed E-state index contributed by atoms with van der Waals surface area (Å²) < 4.78 is 0. The third-order valence-corrected chi connectivity index (χ3v) is 3.03. The summed E-state index contributed by atoms with van der Waals surface area (Å²) in [6, 6.07) is 3.14. The Morgan fingerprint density at radius 2 is 1.32 bits per heavy atom. The molecule has 4 atom stereocenters. The minimum absolute atomic E-state index is 0.160. The van der Waals surface area contributed by atoms with Crippen LogP contribution in [0.5, 0.6) is 5.75 Å². The van der Waals surface area contributed by atoms with E-state index in [1.54, 1.807) is 12.1 Å². The average molecular weight is 405 g/mol. The van der Waals surface area contributed by atoms with E-state index in [0.717, 1.165) is 5.56 Å². The number of carboxylic acids is 3. The highest BCUT2D eigenvalue weighted by molar-refractivity contribution is 5.74. The smallest absolute Gasteiger partial charge is 0.323 e. The van der Waals surface area contributed by atoms with E-state index >= 15 is 0 Å². The molecule has 0 aliphatic carbocycles. The number of nitrogens with two attached hydrogens (primary N) is 3. The number of aliphatic hydroxyl groups is 2. The second-order valence-electron chi connectivity index (χ2n) is 5.55. The molecule has 0 fully saturated rings. The molecule has 0 saturated carbocycles. The predicted octanol–water partition coefficient (Wildman–Crippen LogP) is -2.48. The van der Waals surface area contributed by atoms with E-state index in [2.05, 4.69) is 0 Å². The van der Waals surface area contributed by atoms with Gasteiger partial charge in [-0.1, -0.05) is 12.1 Å². The highest BCUT2D eigenvalue weighted by Crippen LogP contribution is 2.10. The largest absolute Gasteiger partial charge is 0.508 e. The lowest BCUT2D eigenvalue weighted by Gasteiger charge is -2.06. The van der Waals surface area contributed by atoms with Crippen molar-refractivity contribution in [2.75, 3.05) is 6.61 Å². The quantitative estimate of drug-likeness (QED) is 0.228. The van der Waals surface area contributed by atoms with Gasteiger partial charge in [-0.2, -0.15) is 0 Å². The zero-order chi connectivity index (χ0) is 22.4. The molecule has 1 aromatic carbocycles. The van der Waals surface area contributed by atoms with Crippen LogP contribution in [-0.4, -0.2) is 79.4 Å². The number of carboxylic acid groups (broad SMARTS) is 3. The van der Waals surface area contributed by atoms with E-state index in [9.17, 15) is 14.4 Å². The SMILES string of the molecule is CC(O)C(N)C(=O)O.NC(CO)C(=O)O.NC(Cc1ccc(O)cc1)C(=O)O. The topological polar surface area (TPSA) is 251 Å². The Labute approximate surface area is 160 Å². The Hall–Kier alpha value is -2.77. The number of carbonyl (C=O) groups is 3. The Morgan fingerprint density at radius 1 is 0.893 bits per heavy atom. The van der Waals surface area contributed by atoms with Crippen LogP contribution in [0.4, 0.5) is 0 Å². The average Bonchev–Trinajstić information content (AvgIpc) is 2.62. The summed E-state index contributed by atoms with van der Waals surface area (Å²) in [7, 11) is 0. The first kappa shape index (κ1) is 27.4.